The van der Waals surface area contributed by atoms with E-state index in [2.05, 4.69) is 31.1 Å². The third-order valence-corrected chi connectivity index (χ3v) is 6.33. The number of hydrogen-bond donors (Lipinski definition) is 3. The maximum atomic E-state index is 11.7. The number of rotatable bonds is 7. The van der Waals surface area contributed by atoms with Crippen molar-refractivity contribution in [1.82, 2.24) is 0 Å². The molecule has 1 aromatic carbocycles. The van der Waals surface area contributed by atoms with E-state index in [-0.39, 0.29) is 6.42 Å². The summed E-state index contributed by atoms with van der Waals surface area (Å²) in [6.07, 6.45) is -7.51. The molecule has 0 saturated carbocycles. The molecule has 1 saturated heterocycles. The zero-order chi connectivity index (χ0) is 25.7. The van der Waals surface area contributed by atoms with Gasteiger partial charge < -0.3 is 33.8 Å². The van der Waals surface area contributed by atoms with Crippen molar-refractivity contribution in [1.29, 1.82) is 0 Å². The van der Waals surface area contributed by atoms with Crippen LogP contribution in [0.2, 0.25) is 19.6 Å². The molecule has 1 fully saturated rings. The fourth-order valence-electron chi connectivity index (χ4n) is 3.17. The van der Waals surface area contributed by atoms with E-state index in [0.717, 1.165) is 19.4 Å². The molecule has 188 valence electrons. The molecule has 34 heavy (non-hydrogen) atoms. The zero-order valence-corrected chi connectivity index (χ0v) is 21.7. The van der Waals surface area contributed by atoms with Gasteiger partial charge in [-0.1, -0.05) is 25.6 Å². The lowest BCUT2D eigenvalue weighted by Crippen LogP contribution is -2.61. The van der Waals surface area contributed by atoms with Crippen LogP contribution in [-0.4, -0.2) is 71.8 Å². The first-order valence-corrected chi connectivity index (χ1v) is 16.0. The number of carbonyl (C=O) groups excluding carboxylic acids is 2. The molecule has 1 heterocycles. The average Bonchev–Trinajstić information content (AvgIpc) is 2.69. The van der Waals surface area contributed by atoms with E-state index in [0.29, 0.717) is 5.75 Å². The van der Waals surface area contributed by atoms with Gasteiger partial charge in [-0.15, -0.1) is 5.54 Å². The summed E-state index contributed by atoms with van der Waals surface area (Å²) in [4.78, 5) is 41.8. The Bertz CT molecular complexity index is 972. The van der Waals surface area contributed by atoms with Crippen LogP contribution in [0.1, 0.15) is 25.8 Å². The molecule has 1 aliphatic heterocycles. The van der Waals surface area contributed by atoms with Crippen molar-refractivity contribution in [3.8, 4) is 17.2 Å². The lowest BCUT2D eigenvalue weighted by molar-refractivity contribution is -0.280. The fourth-order valence-corrected chi connectivity index (χ4v) is 4.28. The first-order chi connectivity index (χ1) is 15.6. The molecule has 0 spiro atoms. The molecule has 1 aromatic rings. The van der Waals surface area contributed by atoms with E-state index in [9.17, 15) is 29.0 Å². The van der Waals surface area contributed by atoms with E-state index in [1.54, 1.807) is 24.3 Å². The van der Waals surface area contributed by atoms with Gasteiger partial charge in [0.25, 0.3) is 0 Å². The van der Waals surface area contributed by atoms with Crippen molar-refractivity contribution in [3.05, 3.63) is 29.8 Å². The van der Waals surface area contributed by atoms with E-state index in [4.69, 9.17) is 18.9 Å². The van der Waals surface area contributed by atoms with Gasteiger partial charge in [0.2, 0.25) is 12.4 Å². The summed E-state index contributed by atoms with van der Waals surface area (Å²) in [5, 5.41) is 10.7. The van der Waals surface area contributed by atoms with Crippen LogP contribution in [0.25, 0.3) is 0 Å². The molecule has 0 bridgehead atoms. The monoisotopic (exact) mass is 514 g/mol. The number of esters is 2. The first kappa shape index (κ1) is 28.0. The van der Waals surface area contributed by atoms with Gasteiger partial charge >= 0.3 is 19.5 Å². The van der Waals surface area contributed by atoms with Crippen LogP contribution in [0.3, 0.4) is 0 Å². The smallest absolute Gasteiger partial charge is 0.325 e. The van der Waals surface area contributed by atoms with Crippen molar-refractivity contribution in [2.45, 2.75) is 70.6 Å². The summed E-state index contributed by atoms with van der Waals surface area (Å²) >= 11 is 0. The maximum Gasteiger partial charge on any atom is 0.325 e. The molecule has 10 nitrogen and oxygen atoms in total. The second-order valence-corrected chi connectivity index (χ2v) is 15.5. The van der Waals surface area contributed by atoms with Gasteiger partial charge in [0, 0.05) is 19.4 Å². The number of aliphatic hydroxyl groups excluding tert-OH is 1. The Balaban J connectivity index is 2.31. The predicted octanol–water partition coefficient (Wildman–Crippen LogP) is 1.81. The van der Waals surface area contributed by atoms with Gasteiger partial charge in [0.05, 0.1) is 12.3 Å². The predicted molar refractivity (Wildman–Crippen MR) is 125 cm³/mol. The highest BCUT2D eigenvalue weighted by atomic mass is 31.2. The Kier molecular flexibility index (Phi) is 9.48. The van der Waals surface area contributed by atoms with Crippen LogP contribution in [0, 0.1) is 11.5 Å². The van der Waals surface area contributed by atoms with Crippen LogP contribution in [0.5, 0.6) is 5.75 Å². The van der Waals surface area contributed by atoms with Gasteiger partial charge in [-0.3, -0.25) is 14.2 Å². The van der Waals surface area contributed by atoms with Crippen LogP contribution < -0.4 is 4.74 Å². The van der Waals surface area contributed by atoms with Gasteiger partial charge in [-0.2, -0.15) is 0 Å². The number of hydrogen-bond acceptors (Lipinski definition) is 8. The van der Waals surface area contributed by atoms with E-state index >= 15 is 0 Å². The molecule has 1 aliphatic rings. The third-order valence-electron chi connectivity index (χ3n) is 4.62. The molecule has 0 aromatic heterocycles. The Morgan fingerprint density at radius 1 is 1.06 bits per heavy atom. The average molecular weight is 515 g/mol. The quantitative estimate of drug-likeness (QED) is 0.213. The van der Waals surface area contributed by atoms with Crippen molar-refractivity contribution in [2.24, 2.45) is 0 Å². The second-order valence-electron chi connectivity index (χ2n) is 9.00. The number of benzene rings is 1. The van der Waals surface area contributed by atoms with Gasteiger partial charge in [-0.05, 0) is 30.7 Å². The highest BCUT2D eigenvalue weighted by Crippen LogP contribution is 2.38. The molecule has 0 aliphatic carbocycles. The third kappa shape index (κ3) is 9.22. The fraction of sp³-hybridized carbons (Fsp3) is 0.545. The molecule has 0 amide bonds. The van der Waals surface area contributed by atoms with Gasteiger partial charge in [-0.25, -0.2) is 0 Å². The van der Waals surface area contributed by atoms with Crippen LogP contribution in [0.15, 0.2) is 24.3 Å². The Hall–Kier alpha value is -2.19. The Morgan fingerprint density at radius 3 is 2.12 bits per heavy atom. The minimum atomic E-state index is -4.39. The lowest BCUT2D eigenvalue weighted by Gasteiger charge is -2.43. The Labute approximate surface area is 199 Å². The zero-order valence-electron chi connectivity index (χ0n) is 19.8. The van der Waals surface area contributed by atoms with Crippen molar-refractivity contribution >= 4 is 27.6 Å². The van der Waals surface area contributed by atoms with Crippen LogP contribution in [-0.2, 0) is 28.4 Å². The molecule has 12 heteroatoms. The topological polar surface area (TPSA) is 149 Å². The van der Waals surface area contributed by atoms with Crippen LogP contribution >= 0.6 is 7.60 Å². The SMILES string of the molecule is CC(=O)O[C@@H]1[C@@H](Oc2ccc(C#C[Si](C)(C)C)cc2)O[C@H](CCP(=O)(O)O)[C@@H](O)[C@@H]1OC(C)=O. The molecule has 3 N–H and O–H groups in total. The highest BCUT2D eigenvalue weighted by Gasteiger charge is 2.50. The van der Waals surface area contributed by atoms with Crippen molar-refractivity contribution in [2.75, 3.05) is 6.16 Å². The highest BCUT2D eigenvalue weighted by molar-refractivity contribution is 7.51. The first-order valence-electron chi connectivity index (χ1n) is 10.7. The summed E-state index contributed by atoms with van der Waals surface area (Å²) in [5.74, 6) is 1.97. The Morgan fingerprint density at radius 2 is 1.62 bits per heavy atom. The summed E-state index contributed by atoms with van der Waals surface area (Å²) in [5.41, 5.74) is 4.04. The largest absolute Gasteiger partial charge is 0.461 e. The molecule has 0 unspecified atom stereocenters. The lowest BCUT2D eigenvalue weighted by atomic mass is 9.96. The van der Waals surface area contributed by atoms with E-state index in [1.807, 2.05) is 0 Å². The van der Waals surface area contributed by atoms with Gasteiger partial charge in [0.1, 0.15) is 19.9 Å². The second kappa shape index (κ2) is 11.5. The van der Waals surface area contributed by atoms with E-state index in [1.165, 1.54) is 0 Å². The number of carbonyl (C=O) groups is 2. The normalized spacial score (nSPS) is 25.0. The van der Waals surface area contributed by atoms with Crippen LogP contribution in [0.4, 0.5) is 0 Å². The maximum absolute atomic E-state index is 11.7. The molecule has 2 rings (SSSR count). The summed E-state index contributed by atoms with van der Waals surface area (Å²) in [6.45, 7) is 8.64. The van der Waals surface area contributed by atoms with Gasteiger partial charge in [0.15, 0.2) is 6.10 Å². The minimum absolute atomic E-state index is 0.249. The molecule has 0 radical (unpaired) electrons. The number of aliphatic hydroxyl groups is 1. The minimum Gasteiger partial charge on any atom is -0.461 e. The van der Waals surface area contributed by atoms with Crippen molar-refractivity contribution < 1.29 is 48.0 Å². The molecule has 5 atom stereocenters. The standard InChI is InChI=1S/C22H31O10PSi/c1-14(23)29-20-19(25)18(10-12-33(26,27)28)32-22(21(20)30-15(2)24)31-17-8-6-16(7-9-17)11-13-34(3,4)5/h6-9,18-22,25H,10,12H2,1-5H3,(H2,26,27,28)/t18-,19-,20+,21+,22+/m1/s1. The van der Waals surface area contributed by atoms with Crippen molar-refractivity contribution in [3.63, 3.8) is 0 Å². The number of ether oxygens (including phenoxy) is 4. The molecular formula is C22H31O10PSi. The summed E-state index contributed by atoms with van der Waals surface area (Å²) in [7, 11) is -5.94. The molecular weight excluding hydrogens is 483 g/mol. The summed E-state index contributed by atoms with van der Waals surface area (Å²) in [6, 6.07) is 6.77. The summed E-state index contributed by atoms with van der Waals surface area (Å²) < 4.78 is 33.4. The van der Waals surface area contributed by atoms with E-state index < -0.39 is 64.5 Å².